The summed E-state index contributed by atoms with van der Waals surface area (Å²) in [6, 6.07) is 0. The van der Waals surface area contributed by atoms with Crippen molar-refractivity contribution in [2.24, 2.45) is 16.6 Å². The van der Waals surface area contributed by atoms with Crippen LogP contribution in [-0.4, -0.2) is 18.0 Å². The average Bonchev–Trinajstić information content (AvgIpc) is 2.73. The highest BCUT2D eigenvalue weighted by molar-refractivity contribution is 5.83. The van der Waals surface area contributed by atoms with E-state index >= 15 is 0 Å². The second kappa shape index (κ2) is 5.20. The lowest BCUT2D eigenvalue weighted by Gasteiger charge is -2.38. The van der Waals surface area contributed by atoms with Gasteiger partial charge in [-0.2, -0.15) is 0 Å². The molecule has 0 aromatic rings. The van der Waals surface area contributed by atoms with Crippen molar-refractivity contribution in [2.45, 2.75) is 72.3 Å². The molecule has 1 amide bonds. The molecule has 106 valence electrons. The second-order valence-electron chi connectivity index (χ2n) is 7.09. The Morgan fingerprint density at radius 1 is 1.22 bits per heavy atom. The van der Waals surface area contributed by atoms with Crippen molar-refractivity contribution < 1.29 is 4.79 Å². The highest BCUT2D eigenvalue weighted by Crippen LogP contribution is 2.40. The molecule has 0 saturated heterocycles. The molecule has 3 nitrogen and oxygen atoms in total. The van der Waals surface area contributed by atoms with Crippen molar-refractivity contribution in [1.82, 2.24) is 5.32 Å². The van der Waals surface area contributed by atoms with Crippen molar-refractivity contribution in [3.05, 3.63) is 0 Å². The van der Waals surface area contributed by atoms with Gasteiger partial charge in [-0.1, -0.05) is 19.8 Å². The summed E-state index contributed by atoms with van der Waals surface area (Å²) < 4.78 is 0. The Labute approximate surface area is 112 Å². The zero-order valence-electron chi connectivity index (χ0n) is 12.7. The maximum atomic E-state index is 12.3. The first-order valence-corrected chi connectivity index (χ1v) is 7.22. The van der Waals surface area contributed by atoms with Gasteiger partial charge in [-0.05, 0) is 52.4 Å². The molecule has 0 spiro atoms. The van der Waals surface area contributed by atoms with Crippen LogP contribution in [0.3, 0.4) is 0 Å². The summed E-state index contributed by atoms with van der Waals surface area (Å²) in [7, 11) is 0. The maximum absolute atomic E-state index is 12.3. The van der Waals surface area contributed by atoms with E-state index in [1.54, 1.807) is 0 Å². The molecule has 3 N–H and O–H groups in total. The second-order valence-corrected chi connectivity index (χ2v) is 7.09. The van der Waals surface area contributed by atoms with Gasteiger partial charge >= 0.3 is 0 Å². The van der Waals surface area contributed by atoms with Crippen molar-refractivity contribution >= 4 is 5.91 Å². The average molecular weight is 254 g/mol. The van der Waals surface area contributed by atoms with E-state index in [4.69, 9.17) is 5.73 Å². The predicted molar refractivity (Wildman–Crippen MR) is 76.2 cm³/mol. The molecule has 1 saturated carbocycles. The summed E-state index contributed by atoms with van der Waals surface area (Å²) >= 11 is 0. The van der Waals surface area contributed by atoms with Crippen LogP contribution in [-0.2, 0) is 4.79 Å². The van der Waals surface area contributed by atoms with Crippen molar-refractivity contribution in [3.63, 3.8) is 0 Å². The van der Waals surface area contributed by atoms with E-state index in [-0.39, 0.29) is 5.91 Å². The Morgan fingerprint density at radius 3 is 2.11 bits per heavy atom. The molecule has 0 bridgehead atoms. The molecule has 3 heteroatoms. The molecule has 0 atom stereocenters. The maximum Gasteiger partial charge on any atom is 0.227 e. The first kappa shape index (κ1) is 15.5. The van der Waals surface area contributed by atoms with Crippen LogP contribution in [0.15, 0.2) is 0 Å². The zero-order valence-corrected chi connectivity index (χ0v) is 12.7. The molecule has 0 aromatic heterocycles. The normalized spacial score (nSPS) is 19.9. The number of amides is 1. The number of carbonyl (C=O) groups excluding carboxylic acids is 1. The molecule has 18 heavy (non-hydrogen) atoms. The van der Waals surface area contributed by atoms with Crippen LogP contribution in [0, 0.1) is 10.8 Å². The Kier molecular flexibility index (Phi) is 4.47. The topological polar surface area (TPSA) is 55.1 Å². The molecule has 0 aliphatic heterocycles. The molecule has 0 aromatic carbocycles. The lowest BCUT2D eigenvalue weighted by molar-refractivity contribution is -0.132. The number of rotatable bonds is 5. The van der Waals surface area contributed by atoms with Crippen molar-refractivity contribution in [1.29, 1.82) is 0 Å². The van der Waals surface area contributed by atoms with Gasteiger partial charge in [-0.3, -0.25) is 4.79 Å². The van der Waals surface area contributed by atoms with Gasteiger partial charge < -0.3 is 11.1 Å². The van der Waals surface area contributed by atoms with Gasteiger partial charge in [-0.15, -0.1) is 0 Å². The fourth-order valence-corrected chi connectivity index (χ4v) is 2.56. The molecule has 1 fully saturated rings. The van der Waals surface area contributed by atoms with E-state index in [1.807, 2.05) is 27.7 Å². The number of hydrogen-bond acceptors (Lipinski definition) is 2. The van der Waals surface area contributed by atoms with Gasteiger partial charge in [-0.25, -0.2) is 0 Å². The summed E-state index contributed by atoms with van der Waals surface area (Å²) in [5, 5.41) is 3.14. The number of nitrogens with one attached hydrogen (secondary N) is 1. The monoisotopic (exact) mass is 254 g/mol. The first-order chi connectivity index (χ1) is 8.15. The molecule has 1 rings (SSSR count). The lowest BCUT2D eigenvalue weighted by Crippen LogP contribution is -2.56. The van der Waals surface area contributed by atoms with Gasteiger partial charge in [0.1, 0.15) is 0 Å². The fourth-order valence-electron chi connectivity index (χ4n) is 2.56. The lowest BCUT2D eigenvalue weighted by atomic mass is 9.74. The minimum atomic E-state index is -0.541. The summed E-state index contributed by atoms with van der Waals surface area (Å²) in [6.45, 7) is 10.7. The van der Waals surface area contributed by atoms with Gasteiger partial charge in [0, 0.05) is 12.1 Å². The summed E-state index contributed by atoms with van der Waals surface area (Å²) in [6.07, 6.45) is 6.25. The van der Waals surface area contributed by atoms with Crippen molar-refractivity contribution in [2.75, 3.05) is 6.54 Å². The molecule has 1 aliphatic rings. The largest absolute Gasteiger partial charge is 0.355 e. The number of carbonyl (C=O) groups is 1. The third-order valence-electron chi connectivity index (χ3n) is 5.22. The summed E-state index contributed by atoms with van der Waals surface area (Å²) in [4.78, 5) is 12.3. The number of nitrogens with two attached hydrogens (primary N) is 1. The quantitative estimate of drug-likeness (QED) is 0.792. The van der Waals surface area contributed by atoms with Crippen LogP contribution < -0.4 is 11.1 Å². The van der Waals surface area contributed by atoms with Gasteiger partial charge in [0.25, 0.3) is 0 Å². The SMILES string of the molecule is CCC1(CNC(=O)C(C)(C)C(C)(C)N)CCCC1. The van der Waals surface area contributed by atoms with Crippen LogP contribution in [0.25, 0.3) is 0 Å². The smallest absolute Gasteiger partial charge is 0.227 e. The van der Waals surface area contributed by atoms with Crippen LogP contribution in [0.5, 0.6) is 0 Å². The van der Waals surface area contributed by atoms with Gasteiger partial charge in [0.05, 0.1) is 5.41 Å². The summed E-state index contributed by atoms with van der Waals surface area (Å²) in [5.74, 6) is 0.0784. The molecular formula is C15H30N2O. The zero-order chi connectivity index (χ0) is 14.0. The molecule has 0 radical (unpaired) electrons. The Hall–Kier alpha value is -0.570. The van der Waals surface area contributed by atoms with E-state index in [1.165, 1.54) is 25.7 Å². The van der Waals surface area contributed by atoms with Gasteiger partial charge in [0.15, 0.2) is 0 Å². The molecule has 0 heterocycles. The predicted octanol–water partition coefficient (Wildman–Crippen LogP) is 2.84. The fraction of sp³-hybridized carbons (Fsp3) is 0.933. The third-order valence-corrected chi connectivity index (χ3v) is 5.22. The Morgan fingerprint density at radius 2 is 1.72 bits per heavy atom. The molecule has 1 aliphatic carbocycles. The minimum Gasteiger partial charge on any atom is -0.355 e. The van der Waals surface area contributed by atoms with E-state index in [0.717, 1.165) is 13.0 Å². The number of hydrogen-bond donors (Lipinski definition) is 2. The van der Waals surface area contributed by atoms with Gasteiger partial charge in [0.2, 0.25) is 5.91 Å². The Balaban J connectivity index is 2.61. The standard InChI is InChI=1S/C15H30N2O/c1-6-15(9-7-8-10-15)11-17-12(18)13(2,3)14(4,5)16/h6-11,16H2,1-5H3,(H,17,18). The molecular weight excluding hydrogens is 224 g/mol. The van der Waals surface area contributed by atoms with E-state index in [9.17, 15) is 4.79 Å². The van der Waals surface area contributed by atoms with Crippen LogP contribution >= 0.6 is 0 Å². The third kappa shape index (κ3) is 3.05. The van der Waals surface area contributed by atoms with Crippen LogP contribution in [0.4, 0.5) is 0 Å². The van der Waals surface area contributed by atoms with Crippen LogP contribution in [0.1, 0.15) is 66.7 Å². The Bertz CT molecular complexity index is 296. The van der Waals surface area contributed by atoms with E-state index in [2.05, 4.69) is 12.2 Å². The van der Waals surface area contributed by atoms with E-state index in [0.29, 0.717) is 5.41 Å². The minimum absolute atomic E-state index is 0.0784. The van der Waals surface area contributed by atoms with Crippen LogP contribution in [0.2, 0.25) is 0 Å². The highest BCUT2D eigenvalue weighted by atomic mass is 16.2. The van der Waals surface area contributed by atoms with E-state index < -0.39 is 11.0 Å². The molecule has 0 unspecified atom stereocenters. The van der Waals surface area contributed by atoms with Crippen molar-refractivity contribution in [3.8, 4) is 0 Å². The first-order valence-electron chi connectivity index (χ1n) is 7.22. The summed E-state index contributed by atoms with van der Waals surface area (Å²) in [5.41, 5.74) is 5.39. The highest BCUT2D eigenvalue weighted by Gasteiger charge is 2.41.